The van der Waals surface area contributed by atoms with E-state index in [9.17, 15) is 41.0 Å². The molecule has 4 aromatic carbocycles. The number of halogens is 6. The third-order valence-electron chi connectivity index (χ3n) is 13.1. The number of esters is 1. The van der Waals surface area contributed by atoms with E-state index in [-0.39, 0.29) is 69.2 Å². The van der Waals surface area contributed by atoms with Gasteiger partial charge in [0.2, 0.25) is 11.9 Å². The first-order valence-electron chi connectivity index (χ1n) is 24.7. The van der Waals surface area contributed by atoms with Crippen molar-refractivity contribution in [2.45, 2.75) is 45.3 Å². The fraction of sp³-hybridized carbons (Fsp3) is 0.286. The van der Waals surface area contributed by atoms with Crippen LogP contribution in [0.15, 0.2) is 155 Å². The Morgan fingerprint density at radius 2 is 1.01 bits per heavy atom. The third-order valence-corrected chi connectivity index (χ3v) is 13.1. The molecule has 4 aromatic heterocycles. The molecule has 0 spiro atoms. The summed E-state index contributed by atoms with van der Waals surface area (Å²) in [6.07, 6.45) is -6.13. The van der Waals surface area contributed by atoms with Crippen LogP contribution in [0.5, 0.6) is 11.5 Å². The lowest BCUT2D eigenvalue weighted by Crippen LogP contribution is -2.27. The van der Waals surface area contributed by atoms with Gasteiger partial charge in [0.25, 0.3) is 0 Å². The van der Waals surface area contributed by atoms with Crippen molar-refractivity contribution in [3.63, 3.8) is 0 Å². The number of aromatic nitrogens is 6. The third kappa shape index (κ3) is 13.8. The number of alkyl halides is 6. The Morgan fingerprint density at radius 1 is 0.590 bits per heavy atom. The van der Waals surface area contributed by atoms with Gasteiger partial charge in [-0.25, -0.2) is 19.9 Å². The molecule has 0 aliphatic carbocycles. The second-order valence-electron chi connectivity index (χ2n) is 18.5. The number of anilines is 2. The van der Waals surface area contributed by atoms with E-state index < -0.39 is 41.5 Å². The largest absolute Gasteiger partial charge is 0.486 e. The minimum atomic E-state index is -4.61. The molecule has 16 nitrogen and oxygen atoms in total. The van der Waals surface area contributed by atoms with E-state index in [2.05, 4.69) is 30.2 Å². The molecule has 0 unspecified atom stereocenters. The number of benzene rings is 4. The maximum Gasteiger partial charge on any atom is 0.433 e. The normalized spacial score (nSPS) is 17.3. The van der Waals surface area contributed by atoms with Crippen molar-refractivity contribution in [1.82, 2.24) is 30.2 Å². The molecule has 2 fully saturated rings. The lowest BCUT2D eigenvalue weighted by Gasteiger charge is -2.17. The zero-order valence-electron chi connectivity index (χ0n) is 41.7. The fourth-order valence-corrected chi connectivity index (χ4v) is 9.21. The average molecular weight is 1080 g/mol. The number of hydrogen-bond acceptors (Lipinski definition) is 15. The van der Waals surface area contributed by atoms with Crippen LogP contribution in [0.3, 0.4) is 0 Å². The van der Waals surface area contributed by atoms with Crippen LogP contribution in [0, 0.1) is 23.7 Å². The van der Waals surface area contributed by atoms with Crippen molar-refractivity contribution < 1.29 is 64.3 Å². The second-order valence-corrected chi connectivity index (χ2v) is 18.5. The Hall–Kier alpha value is -8.82. The van der Waals surface area contributed by atoms with Crippen LogP contribution >= 0.6 is 0 Å². The molecule has 0 radical (unpaired) electrons. The van der Waals surface area contributed by atoms with Gasteiger partial charge < -0.3 is 38.2 Å². The standard InChI is InChI=1S/C29H27F3N4O4.C27H23F3N4O4/c1-2-38-27(37)24-17-36(28-33-13-12-26(34-28)29(30,31)32)16-21(24)14-19-8-10-22(11-9-19)39-18-23-15-25(35-40-23)20-6-4-3-5-7-20;28-27(29,30)24-10-11-31-26(32-24)34-14-19(22(15-34)25(35)36)12-17-6-8-20(9-7-17)37-16-21-13-23(33-38-21)18-4-2-1-3-5-18/h3-13,15,21,24H,2,14,16-18H2,1H3;1-11,13,19,22H,12,14-16H2,(H,35,36)/t21-,24+;19-,22+/m11/s1. The predicted octanol–water partition coefficient (Wildman–Crippen LogP) is 10.7. The number of rotatable bonds is 17. The number of ether oxygens (including phenoxy) is 3. The van der Waals surface area contributed by atoms with Gasteiger partial charge >= 0.3 is 24.3 Å². The molecule has 0 saturated carbocycles. The van der Waals surface area contributed by atoms with Crippen LogP contribution in [0.2, 0.25) is 0 Å². The van der Waals surface area contributed by atoms with E-state index in [0.29, 0.717) is 48.1 Å². The fourth-order valence-electron chi connectivity index (χ4n) is 9.21. The summed E-state index contributed by atoms with van der Waals surface area (Å²) in [6, 6.07) is 39.3. The van der Waals surface area contributed by atoms with Gasteiger partial charge in [0.15, 0.2) is 11.5 Å². The smallest absolute Gasteiger partial charge is 0.433 e. The molecule has 4 atom stereocenters. The SMILES string of the molecule is CCOC(=O)[C@H]1CN(c2nccc(C(F)(F)F)n2)C[C@H]1Cc1ccc(OCc2cc(-c3ccccc3)no2)cc1.O=C(O)[C@H]1CN(c2nccc(C(F)(F)F)n2)C[C@H]1Cc1ccc(OCc2cc(-c3ccccc3)no2)cc1. The maximum atomic E-state index is 13.2. The van der Waals surface area contributed by atoms with E-state index in [4.69, 9.17) is 23.3 Å². The van der Waals surface area contributed by atoms with E-state index in [1.165, 1.54) is 4.90 Å². The van der Waals surface area contributed by atoms with E-state index in [1.807, 2.05) is 109 Å². The molecule has 10 rings (SSSR count). The maximum absolute atomic E-state index is 13.2. The number of hydrogen-bond donors (Lipinski definition) is 1. The van der Waals surface area contributed by atoms with Crippen molar-refractivity contribution in [2.75, 3.05) is 42.6 Å². The number of nitrogens with zero attached hydrogens (tertiary/aromatic N) is 8. The van der Waals surface area contributed by atoms with Gasteiger partial charge in [-0.2, -0.15) is 26.3 Å². The average Bonchev–Trinajstić information content (AvgIpc) is 4.31. The summed E-state index contributed by atoms with van der Waals surface area (Å²) in [5.41, 5.74) is 3.09. The topological polar surface area (TPSA) is 192 Å². The molecule has 0 amide bonds. The molecule has 0 bridgehead atoms. The Bertz CT molecular complexity index is 3250. The molecule has 404 valence electrons. The van der Waals surface area contributed by atoms with Crippen molar-refractivity contribution in [3.05, 3.63) is 180 Å². The predicted molar refractivity (Wildman–Crippen MR) is 270 cm³/mol. The van der Waals surface area contributed by atoms with Gasteiger partial charge in [0, 0.05) is 61.8 Å². The van der Waals surface area contributed by atoms with E-state index in [0.717, 1.165) is 52.5 Å². The highest BCUT2D eigenvalue weighted by Gasteiger charge is 2.42. The molecule has 8 aromatic rings. The van der Waals surface area contributed by atoms with Gasteiger partial charge in [-0.05, 0) is 79.1 Å². The Balaban J connectivity index is 0.000000190. The minimum absolute atomic E-state index is 0.0324. The quantitative estimate of drug-likeness (QED) is 0.0668. The Kier molecular flexibility index (Phi) is 16.6. The molecule has 6 heterocycles. The number of carboxylic acid groups (broad SMARTS) is 1. The number of carboxylic acids is 1. The van der Waals surface area contributed by atoms with E-state index >= 15 is 0 Å². The van der Waals surface area contributed by atoms with Crippen LogP contribution in [-0.2, 0) is 52.7 Å². The lowest BCUT2D eigenvalue weighted by molar-refractivity contribution is -0.148. The molecular formula is C56H50F6N8O8. The van der Waals surface area contributed by atoms with Crippen molar-refractivity contribution >= 4 is 23.8 Å². The van der Waals surface area contributed by atoms with Crippen LogP contribution < -0.4 is 19.3 Å². The van der Waals surface area contributed by atoms with Crippen LogP contribution in [0.1, 0.15) is 41.0 Å². The summed E-state index contributed by atoms with van der Waals surface area (Å²) in [4.78, 5) is 43.0. The van der Waals surface area contributed by atoms with Gasteiger partial charge in [-0.15, -0.1) is 0 Å². The summed E-state index contributed by atoms with van der Waals surface area (Å²) in [6.45, 7) is 3.08. The number of aliphatic carboxylic acids is 1. The van der Waals surface area contributed by atoms with Crippen molar-refractivity contribution in [3.8, 4) is 34.0 Å². The summed E-state index contributed by atoms with van der Waals surface area (Å²) in [5.74, 6) is -1.01. The second kappa shape index (κ2) is 24.0. The summed E-state index contributed by atoms with van der Waals surface area (Å²) < 4.78 is 106. The minimum Gasteiger partial charge on any atom is -0.486 e. The van der Waals surface area contributed by atoms with Crippen LogP contribution in [-0.4, -0.2) is 80.1 Å². The summed E-state index contributed by atoms with van der Waals surface area (Å²) in [7, 11) is 0. The summed E-state index contributed by atoms with van der Waals surface area (Å²) >= 11 is 0. The summed E-state index contributed by atoms with van der Waals surface area (Å²) in [5, 5.41) is 17.9. The Labute approximate surface area is 442 Å². The number of carbonyl (C=O) groups excluding carboxylic acids is 1. The van der Waals surface area contributed by atoms with Crippen LogP contribution in [0.4, 0.5) is 38.2 Å². The van der Waals surface area contributed by atoms with Gasteiger partial charge in [0.1, 0.15) is 47.5 Å². The zero-order chi connectivity index (χ0) is 54.8. The molecule has 1 N–H and O–H groups in total. The highest BCUT2D eigenvalue weighted by Crippen LogP contribution is 2.35. The highest BCUT2D eigenvalue weighted by atomic mass is 19.4. The van der Waals surface area contributed by atoms with Gasteiger partial charge in [-0.1, -0.05) is 95.2 Å². The Morgan fingerprint density at radius 3 is 1.42 bits per heavy atom. The first-order chi connectivity index (χ1) is 37.6. The first kappa shape index (κ1) is 54.0. The van der Waals surface area contributed by atoms with Crippen molar-refractivity contribution in [2.24, 2.45) is 23.7 Å². The molecule has 22 heteroatoms. The molecule has 2 aliphatic heterocycles. The number of carbonyl (C=O) groups is 2. The molecule has 2 aliphatic rings. The zero-order valence-corrected chi connectivity index (χ0v) is 41.7. The first-order valence-corrected chi connectivity index (χ1v) is 24.7. The van der Waals surface area contributed by atoms with Crippen molar-refractivity contribution in [1.29, 1.82) is 0 Å². The highest BCUT2D eigenvalue weighted by molar-refractivity contribution is 5.75. The monoisotopic (exact) mass is 1080 g/mol. The van der Waals surface area contributed by atoms with Gasteiger partial charge in [-0.3, -0.25) is 9.59 Å². The molecular weight excluding hydrogens is 1030 g/mol. The van der Waals surface area contributed by atoms with Crippen LogP contribution in [0.25, 0.3) is 22.5 Å². The molecule has 2 saturated heterocycles. The van der Waals surface area contributed by atoms with Gasteiger partial charge in [0.05, 0.1) is 18.4 Å². The lowest BCUT2D eigenvalue weighted by atomic mass is 9.90. The van der Waals surface area contributed by atoms with E-state index in [1.54, 1.807) is 24.0 Å². The molecule has 78 heavy (non-hydrogen) atoms.